The fourth-order valence-corrected chi connectivity index (χ4v) is 1.26. The van der Waals surface area contributed by atoms with Gasteiger partial charge in [-0.1, -0.05) is 37.6 Å². The molecule has 0 fully saturated rings. The molecule has 1 amide bonds. The van der Waals surface area contributed by atoms with Crippen molar-refractivity contribution < 1.29 is 14.7 Å². The van der Waals surface area contributed by atoms with Gasteiger partial charge in [-0.25, -0.2) is 4.79 Å². The average molecular weight is 233 g/mol. The SMILES string of the molecule is CCCC=C(NC(=O)c1ccccc1)C(=O)O. The number of allylic oxidation sites excluding steroid dienone is 1. The molecule has 0 atom stereocenters. The van der Waals surface area contributed by atoms with Crippen molar-refractivity contribution in [3.63, 3.8) is 0 Å². The number of unbranched alkanes of at least 4 members (excludes halogenated alkanes) is 1. The quantitative estimate of drug-likeness (QED) is 0.766. The van der Waals surface area contributed by atoms with Crippen LogP contribution in [0.5, 0.6) is 0 Å². The largest absolute Gasteiger partial charge is 0.477 e. The van der Waals surface area contributed by atoms with Crippen LogP contribution in [0.15, 0.2) is 42.1 Å². The van der Waals surface area contributed by atoms with Crippen molar-refractivity contribution in [1.29, 1.82) is 0 Å². The molecule has 0 aliphatic carbocycles. The van der Waals surface area contributed by atoms with Crippen molar-refractivity contribution in [2.45, 2.75) is 19.8 Å². The molecular weight excluding hydrogens is 218 g/mol. The molecule has 0 spiro atoms. The summed E-state index contributed by atoms with van der Waals surface area (Å²) >= 11 is 0. The zero-order valence-electron chi connectivity index (χ0n) is 9.64. The molecule has 0 saturated heterocycles. The smallest absolute Gasteiger partial charge is 0.352 e. The molecule has 0 heterocycles. The summed E-state index contributed by atoms with van der Waals surface area (Å²) in [5.41, 5.74) is 0.372. The summed E-state index contributed by atoms with van der Waals surface area (Å²) in [6, 6.07) is 8.52. The first kappa shape index (κ1) is 13.0. The maximum atomic E-state index is 11.7. The van der Waals surface area contributed by atoms with Crippen molar-refractivity contribution in [2.24, 2.45) is 0 Å². The van der Waals surface area contributed by atoms with Gasteiger partial charge in [0.25, 0.3) is 5.91 Å². The van der Waals surface area contributed by atoms with Crippen LogP contribution in [0.3, 0.4) is 0 Å². The van der Waals surface area contributed by atoms with Gasteiger partial charge < -0.3 is 10.4 Å². The van der Waals surface area contributed by atoms with Gasteiger partial charge in [-0.15, -0.1) is 0 Å². The minimum absolute atomic E-state index is 0.0688. The van der Waals surface area contributed by atoms with Crippen molar-refractivity contribution in [3.05, 3.63) is 47.7 Å². The number of carboxylic acids is 1. The van der Waals surface area contributed by atoms with E-state index in [0.29, 0.717) is 12.0 Å². The topological polar surface area (TPSA) is 66.4 Å². The van der Waals surface area contributed by atoms with Crippen LogP contribution in [0.25, 0.3) is 0 Å². The van der Waals surface area contributed by atoms with Crippen LogP contribution in [0.4, 0.5) is 0 Å². The molecule has 0 aliphatic heterocycles. The highest BCUT2D eigenvalue weighted by molar-refractivity contribution is 6.00. The lowest BCUT2D eigenvalue weighted by Gasteiger charge is -2.05. The van der Waals surface area contributed by atoms with Gasteiger partial charge in [0, 0.05) is 5.56 Å². The van der Waals surface area contributed by atoms with E-state index in [-0.39, 0.29) is 5.70 Å². The molecule has 4 nitrogen and oxygen atoms in total. The Balaban J connectivity index is 2.75. The minimum Gasteiger partial charge on any atom is -0.477 e. The van der Waals surface area contributed by atoms with Crippen LogP contribution in [-0.2, 0) is 4.79 Å². The Morgan fingerprint density at radius 2 is 1.94 bits per heavy atom. The molecule has 1 aromatic rings. The van der Waals surface area contributed by atoms with Crippen LogP contribution in [-0.4, -0.2) is 17.0 Å². The third kappa shape index (κ3) is 4.10. The Morgan fingerprint density at radius 1 is 1.29 bits per heavy atom. The first-order valence-electron chi connectivity index (χ1n) is 5.45. The van der Waals surface area contributed by atoms with E-state index in [4.69, 9.17) is 5.11 Å². The van der Waals surface area contributed by atoms with Gasteiger partial charge in [0.15, 0.2) is 0 Å². The Labute approximate surface area is 100.0 Å². The van der Waals surface area contributed by atoms with E-state index in [1.807, 2.05) is 6.92 Å². The van der Waals surface area contributed by atoms with E-state index >= 15 is 0 Å². The van der Waals surface area contributed by atoms with Gasteiger partial charge in [-0.05, 0) is 18.6 Å². The van der Waals surface area contributed by atoms with Crippen LogP contribution in [0, 0.1) is 0 Å². The number of rotatable bonds is 5. The second-order valence-electron chi connectivity index (χ2n) is 3.53. The van der Waals surface area contributed by atoms with Crippen molar-refractivity contribution in [2.75, 3.05) is 0 Å². The van der Waals surface area contributed by atoms with Crippen molar-refractivity contribution in [3.8, 4) is 0 Å². The normalized spacial score (nSPS) is 11.0. The molecule has 0 unspecified atom stereocenters. The first-order chi connectivity index (χ1) is 8.15. The summed E-state index contributed by atoms with van der Waals surface area (Å²) in [5.74, 6) is -1.53. The zero-order chi connectivity index (χ0) is 12.7. The number of carboxylic acid groups (broad SMARTS) is 1. The summed E-state index contributed by atoms with van der Waals surface area (Å²) in [4.78, 5) is 22.6. The van der Waals surface area contributed by atoms with E-state index in [1.54, 1.807) is 30.3 Å². The van der Waals surface area contributed by atoms with Gasteiger partial charge in [-0.2, -0.15) is 0 Å². The lowest BCUT2D eigenvalue weighted by atomic mass is 10.2. The van der Waals surface area contributed by atoms with Gasteiger partial charge in [0.1, 0.15) is 5.70 Å². The van der Waals surface area contributed by atoms with Crippen LogP contribution >= 0.6 is 0 Å². The van der Waals surface area contributed by atoms with Crippen molar-refractivity contribution in [1.82, 2.24) is 5.32 Å². The number of aliphatic carboxylic acids is 1. The molecule has 0 radical (unpaired) electrons. The maximum absolute atomic E-state index is 11.7. The van der Waals surface area contributed by atoms with E-state index in [9.17, 15) is 9.59 Å². The summed E-state index contributed by atoms with van der Waals surface area (Å²) in [6.45, 7) is 1.94. The molecular formula is C13H15NO3. The minimum atomic E-state index is -1.12. The van der Waals surface area contributed by atoms with E-state index in [0.717, 1.165) is 6.42 Å². The van der Waals surface area contributed by atoms with Gasteiger partial charge in [0.2, 0.25) is 0 Å². The second kappa shape index (κ2) is 6.48. The van der Waals surface area contributed by atoms with Crippen LogP contribution in [0.1, 0.15) is 30.1 Å². The van der Waals surface area contributed by atoms with E-state index < -0.39 is 11.9 Å². The number of benzene rings is 1. The van der Waals surface area contributed by atoms with Gasteiger partial charge in [0.05, 0.1) is 0 Å². The Kier molecular flexibility index (Phi) is 4.94. The van der Waals surface area contributed by atoms with Crippen molar-refractivity contribution >= 4 is 11.9 Å². The number of hydrogen-bond acceptors (Lipinski definition) is 2. The third-order valence-corrected chi connectivity index (χ3v) is 2.15. The zero-order valence-corrected chi connectivity index (χ0v) is 9.64. The number of hydrogen-bond donors (Lipinski definition) is 2. The fraction of sp³-hybridized carbons (Fsp3) is 0.231. The summed E-state index contributed by atoms with van der Waals surface area (Å²) < 4.78 is 0. The average Bonchev–Trinajstić information content (AvgIpc) is 2.35. The number of amides is 1. The summed E-state index contributed by atoms with van der Waals surface area (Å²) in [6.07, 6.45) is 2.97. The van der Waals surface area contributed by atoms with Gasteiger partial charge in [-0.3, -0.25) is 4.79 Å². The molecule has 4 heteroatoms. The summed E-state index contributed by atoms with van der Waals surface area (Å²) in [5, 5.41) is 11.3. The Morgan fingerprint density at radius 3 is 2.47 bits per heavy atom. The van der Waals surface area contributed by atoms with Gasteiger partial charge >= 0.3 is 5.97 Å². The molecule has 0 bridgehead atoms. The van der Waals surface area contributed by atoms with Crippen LogP contribution < -0.4 is 5.32 Å². The number of carbonyl (C=O) groups excluding carboxylic acids is 1. The highest BCUT2D eigenvalue weighted by atomic mass is 16.4. The Bertz CT molecular complexity index is 424. The van der Waals surface area contributed by atoms with E-state index in [2.05, 4.69) is 5.32 Å². The molecule has 0 saturated carbocycles. The highest BCUT2D eigenvalue weighted by Gasteiger charge is 2.11. The molecule has 0 aromatic heterocycles. The Hall–Kier alpha value is -2.10. The highest BCUT2D eigenvalue weighted by Crippen LogP contribution is 2.02. The molecule has 0 aliphatic rings. The third-order valence-electron chi connectivity index (χ3n) is 2.15. The second-order valence-corrected chi connectivity index (χ2v) is 3.53. The predicted molar refractivity (Wildman–Crippen MR) is 64.5 cm³/mol. The predicted octanol–water partition coefficient (Wildman–Crippen LogP) is 2.19. The number of nitrogens with one attached hydrogen (secondary N) is 1. The standard InChI is InChI=1S/C13H15NO3/c1-2-3-9-11(13(16)17)14-12(15)10-7-5-4-6-8-10/h4-9H,2-3H2,1H3,(H,14,15)(H,16,17). The lowest BCUT2D eigenvalue weighted by molar-refractivity contribution is -0.133. The molecule has 1 aromatic carbocycles. The molecule has 17 heavy (non-hydrogen) atoms. The molecule has 2 N–H and O–H groups in total. The summed E-state index contributed by atoms with van der Waals surface area (Å²) in [7, 11) is 0. The monoisotopic (exact) mass is 233 g/mol. The number of carbonyl (C=O) groups is 2. The van der Waals surface area contributed by atoms with Crippen LogP contribution in [0.2, 0.25) is 0 Å². The fourth-order valence-electron chi connectivity index (χ4n) is 1.26. The first-order valence-corrected chi connectivity index (χ1v) is 5.45. The molecule has 90 valence electrons. The lowest BCUT2D eigenvalue weighted by Crippen LogP contribution is -2.27. The maximum Gasteiger partial charge on any atom is 0.352 e. The molecule has 1 rings (SSSR count). The van der Waals surface area contributed by atoms with E-state index in [1.165, 1.54) is 6.08 Å².